The summed E-state index contributed by atoms with van der Waals surface area (Å²) >= 11 is 2.16. The Balaban J connectivity index is 2.00. The van der Waals surface area contributed by atoms with Gasteiger partial charge < -0.3 is 10.8 Å². The summed E-state index contributed by atoms with van der Waals surface area (Å²) in [5.41, 5.74) is 5.53. The number of hydrogen-bond acceptors (Lipinski definition) is 3. The first-order valence-corrected chi connectivity index (χ1v) is 8.10. The van der Waals surface area contributed by atoms with Gasteiger partial charge in [-0.25, -0.2) is 0 Å². The highest BCUT2D eigenvalue weighted by Crippen LogP contribution is 2.32. The molecular formula is C14H29NOS. The molecule has 0 aliphatic heterocycles. The summed E-state index contributed by atoms with van der Waals surface area (Å²) in [6.07, 6.45) is 9.00. The number of hydrogen-bond donors (Lipinski definition) is 2. The highest BCUT2D eigenvalue weighted by molar-refractivity contribution is 7.99. The summed E-state index contributed by atoms with van der Waals surface area (Å²) in [7, 11) is 0. The van der Waals surface area contributed by atoms with E-state index in [0.29, 0.717) is 0 Å². The minimum absolute atomic E-state index is 0.0975. The molecule has 17 heavy (non-hydrogen) atoms. The quantitative estimate of drug-likeness (QED) is 0.690. The summed E-state index contributed by atoms with van der Waals surface area (Å²) in [6, 6.07) is 0. The molecule has 0 aromatic heterocycles. The molecule has 1 aliphatic rings. The Morgan fingerprint density at radius 2 is 2.12 bits per heavy atom. The first kappa shape index (κ1) is 15.3. The van der Waals surface area contributed by atoms with Crippen molar-refractivity contribution >= 4 is 11.8 Å². The standard InChI is InChI=1S/C14H29NOS/c1-12-6-5-7-13(10-12)17-9-4-3-8-14(2,15)11-16/h12-13,16H,3-11,15H2,1-2H3. The van der Waals surface area contributed by atoms with Crippen LogP contribution in [-0.4, -0.2) is 28.3 Å². The van der Waals surface area contributed by atoms with E-state index >= 15 is 0 Å². The molecule has 2 nitrogen and oxygen atoms in total. The topological polar surface area (TPSA) is 46.2 Å². The molecule has 3 unspecified atom stereocenters. The van der Waals surface area contributed by atoms with Crippen molar-refractivity contribution in [1.82, 2.24) is 0 Å². The van der Waals surface area contributed by atoms with Gasteiger partial charge in [-0.1, -0.05) is 26.2 Å². The van der Waals surface area contributed by atoms with E-state index in [4.69, 9.17) is 10.8 Å². The Labute approximate surface area is 111 Å². The lowest BCUT2D eigenvalue weighted by atomic mass is 9.91. The van der Waals surface area contributed by atoms with Crippen LogP contribution in [0, 0.1) is 5.92 Å². The van der Waals surface area contributed by atoms with Crippen LogP contribution in [0.5, 0.6) is 0 Å². The van der Waals surface area contributed by atoms with Gasteiger partial charge in [0.2, 0.25) is 0 Å². The lowest BCUT2D eigenvalue weighted by Gasteiger charge is -2.26. The number of aliphatic hydroxyl groups excluding tert-OH is 1. The summed E-state index contributed by atoms with van der Waals surface area (Å²) in [5, 5.41) is 9.96. The Morgan fingerprint density at radius 3 is 2.76 bits per heavy atom. The summed E-state index contributed by atoms with van der Waals surface area (Å²) < 4.78 is 0. The van der Waals surface area contributed by atoms with Gasteiger partial charge in [-0.15, -0.1) is 0 Å². The third kappa shape index (κ3) is 6.68. The normalized spacial score (nSPS) is 28.9. The molecule has 0 bridgehead atoms. The van der Waals surface area contributed by atoms with Crippen molar-refractivity contribution in [2.24, 2.45) is 11.7 Å². The molecule has 1 rings (SSSR count). The third-order valence-electron chi connectivity index (χ3n) is 3.75. The van der Waals surface area contributed by atoms with E-state index in [2.05, 4.69) is 18.7 Å². The molecule has 0 heterocycles. The van der Waals surface area contributed by atoms with Gasteiger partial charge in [0, 0.05) is 10.8 Å². The van der Waals surface area contributed by atoms with Crippen LogP contribution in [0.4, 0.5) is 0 Å². The first-order valence-electron chi connectivity index (χ1n) is 7.05. The molecule has 1 fully saturated rings. The molecule has 1 aliphatic carbocycles. The second-order valence-electron chi connectivity index (χ2n) is 6.03. The predicted octanol–water partition coefficient (Wildman–Crippen LogP) is 3.18. The van der Waals surface area contributed by atoms with Crippen molar-refractivity contribution < 1.29 is 5.11 Å². The molecule has 0 amide bonds. The number of thioether (sulfide) groups is 1. The highest BCUT2D eigenvalue weighted by atomic mass is 32.2. The fourth-order valence-electron chi connectivity index (χ4n) is 2.49. The zero-order chi connectivity index (χ0) is 12.7. The van der Waals surface area contributed by atoms with Gasteiger partial charge in [-0.2, -0.15) is 11.8 Å². The smallest absolute Gasteiger partial charge is 0.0608 e. The summed E-state index contributed by atoms with van der Waals surface area (Å²) in [6.45, 7) is 4.41. The molecule has 3 atom stereocenters. The molecule has 0 saturated heterocycles. The van der Waals surface area contributed by atoms with Crippen LogP contribution in [0.1, 0.15) is 58.8 Å². The van der Waals surface area contributed by atoms with Gasteiger partial charge in [0.05, 0.1) is 6.61 Å². The third-order valence-corrected chi connectivity index (χ3v) is 5.17. The van der Waals surface area contributed by atoms with E-state index in [9.17, 15) is 0 Å². The average Bonchev–Trinajstić information content (AvgIpc) is 2.29. The van der Waals surface area contributed by atoms with E-state index in [1.54, 1.807) is 0 Å². The molecule has 3 heteroatoms. The number of nitrogens with two attached hydrogens (primary N) is 1. The van der Waals surface area contributed by atoms with Crippen molar-refractivity contribution in [2.75, 3.05) is 12.4 Å². The summed E-state index contributed by atoms with van der Waals surface area (Å²) in [4.78, 5) is 0. The Kier molecular flexibility index (Phi) is 6.90. The van der Waals surface area contributed by atoms with Crippen molar-refractivity contribution in [2.45, 2.75) is 69.6 Å². The van der Waals surface area contributed by atoms with Crippen LogP contribution in [0.2, 0.25) is 0 Å². The lowest BCUT2D eigenvalue weighted by Crippen LogP contribution is -2.39. The van der Waals surface area contributed by atoms with E-state index in [-0.39, 0.29) is 12.1 Å². The van der Waals surface area contributed by atoms with Crippen LogP contribution >= 0.6 is 11.8 Å². The SMILES string of the molecule is CC1CCCC(SCCCCC(C)(N)CO)C1. The van der Waals surface area contributed by atoms with Gasteiger partial charge in [0.25, 0.3) is 0 Å². The molecule has 0 spiro atoms. The van der Waals surface area contributed by atoms with Crippen LogP contribution < -0.4 is 5.73 Å². The second kappa shape index (κ2) is 7.65. The van der Waals surface area contributed by atoms with E-state index in [1.807, 2.05) is 6.92 Å². The minimum Gasteiger partial charge on any atom is -0.394 e. The molecule has 102 valence electrons. The number of aliphatic hydroxyl groups is 1. The molecule has 1 saturated carbocycles. The van der Waals surface area contributed by atoms with Crippen molar-refractivity contribution in [1.29, 1.82) is 0 Å². The highest BCUT2D eigenvalue weighted by Gasteiger charge is 2.19. The van der Waals surface area contributed by atoms with Gasteiger partial charge in [0.15, 0.2) is 0 Å². The largest absolute Gasteiger partial charge is 0.394 e. The van der Waals surface area contributed by atoms with Gasteiger partial charge in [-0.05, 0) is 44.3 Å². The van der Waals surface area contributed by atoms with Gasteiger partial charge in [0.1, 0.15) is 0 Å². The zero-order valence-corrected chi connectivity index (χ0v) is 12.3. The zero-order valence-electron chi connectivity index (χ0n) is 11.5. The van der Waals surface area contributed by atoms with Crippen molar-refractivity contribution in [3.63, 3.8) is 0 Å². The molecular weight excluding hydrogens is 230 g/mol. The van der Waals surface area contributed by atoms with E-state index in [0.717, 1.165) is 24.0 Å². The van der Waals surface area contributed by atoms with Crippen molar-refractivity contribution in [3.8, 4) is 0 Å². The summed E-state index contributed by atoms with van der Waals surface area (Å²) in [5.74, 6) is 2.20. The number of rotatable bonds is 7. The van der Waals surface area contributed by atoms with Gasteiger partial charge >= 0.3 is 0 Å². The lowest BCUT2D eigenvalue weighted by molar-refractivity contribution is 0.198. The van der Waals surface area contributed by atoms with Gasteiger partial charge in [-0.3, -0.25) is 0 Å². The first-order chi connectivity index (χ1) is 8.03. The fraction of sp³-hybridized carbons (Fsp3) is 1.00. The van der Waals surface area contributed by atoms with Crippen molar-refractivity contribution in [3.05, 3.63) is 0 Å². The molecule has 3 N–H and O–H groups in total. The Morgan fingerprint density at radius 1 is 1.35 bits per heavy atom. The maximum atomic E-state index is 9.05. The van der Waals surface area contributed by atoms with Crippen LogP contribution in [0.25, 0.3) is 0 Å². The Hall–Kier alpha value is 0.270. The van der Waals surface area contributed by atoms with E-state index < -0.39 is 0 Å². The number of unbranched alkanes of at least 4 members (excludes halogenated alkanes) is 1. The second-order valence-corrected chi connectivity index (χ2v) is 7.44. The van der Waals surface area contributed by atoms with Crippen LogP contribution in [0.3, 0.4) is 0 Å². The molecule has 0 aromatic rings. The van der Waals surface area contributed by atoms with Crippen LogP contribution in [0.15, 0.2) is 0 Å². The van der Waals surface area contributed by atoms with Crippen LogP contribution in [-0.2, 0) is 0 Å². The van der Waals surface area contributed by atoms with E-state index in [1.165, 1.54) is 37.9 Å². The average molecular weight is 259 g/mol. The molecule has 0 radical (unpaired) electrons. The predicted molar refractivity (Wildman–Crippen MR) is 77.4 cm³/mol. The minimum atomic E-state index is -0.371. The fourth-order valence-corrected chi connectivity index (χ4v) is 3.99. The maximum absolute atomic E-state index is 9.05. The molecule has 0 aromatic carbocycles. The maximum Gasteiger partial charge on any atom is 0.0608 e. The Bertz CT molecular complexity index is 208. The monoisotopic (exact) mass is 259 g/mol.